The summed E-state index contributed by atoms with van der Waals surface area (Å²) in [5, 5.41) is 5.77. The summed E-state index contributed by atoms with van der Waals surface area (Å²) in [5.74, 6) is -0.178. The molecule has 0 aromatic heterocycles. The molecule has 2 aromatic carbocycles. The van der Waals surface area contributed by atoms with Crippen molar-refractivity contribution in [2.45, 2.75) is 46.3 Å². The SMILES string of the molecule is CCC(C)C(N)C(=O)NCc1cccc(C(=O)NCc2ccc(C)cc2)c1. The van der Waals surface area contributed by atoms with E-state index < -0.39 is 6.04 Å². The molecule has 2 atom stereocenters. The van der Waals surface area contributed by atoms with Crippen molar-refractivity contribution in [1.82, 2.24) is 10.6 Å². The molecule has 0 aliphatic rings. The van der Waals surface area contributed by atoms with Crippen LogP contribution >= 0.6 is 0 Å². The van der Waals surface area contributed by atoms with Gasteiger partial charge in [0.25, 0.3) is 5.91 Å². The van der Waals surface area contributed by atoms with Gasteiger partial charge in [0.05, 0.1) is 6.04 Å². The highest BCUT2D eigenvalue weighted by molar-refractivity contribution is 5.94. The van der Waals surface area contributed by atoms with Crippen LogP contribution < -0.4 is 16.4 Å². The van der Waals surface area contributed by atoms with E-state index in [1.807, 2.05) is 57.2 Å². The van der Waals surface area contributed by atoms with Gasteiger partial charge in [-0.3, -0.25) is 9.59 Å². The number of aryl methyl sites for hydroxylation is 1. The number of hydrogen-bond donors (Lipinski definition) is 3. The van der Waals surface area contributed by atoms with Gasteiger partial charge in [0.1, 0.15) is 0 Å². The molecule has 5 heteroatoms. The van der Waals surface area contributed by atoms with Gasteiger partial charge in [-0.25, -0.2) is 0 Å². The Bertz CT molecular complexity index is 771. The van der Waals surface area contributed by atoms with Crippen LogP contribution in [0.2, 0.25) is 0 Å². The van der Waals surface area contributed by atoms with Crippen LogP contribution in [0.5, 0.6) is 0 Å². The maximum absolute atomic E-state index is 12.4. The Kier molecular flexibility index (Phi) is 7.55. The number of rotatable bonds is 8. The first kappa shape index (κ1) is 20.6. The first-order valence-corrected chi connectivity index (χ1v) is 9.36. The number of carbonyl (C=O) groups is 2. The largest absolute Gasteiger partial charge is 0.351 e. The molecule has 2 rings (SSSR count). The van der Waals surface area contributed by atoms with Crippen molar-refractivity contribution in [2.75, 3.05) is 0 Å². The van der Waals surface area contributed by atoms with Crippen molar-refractivity contribution in [1.29, 1.82) is 0 Å². The third-order valence-electron chi connectivity index (χ3n) is 4.79. The number of amides is 2. The number of hydrogen-bond acceptors (Lipinski definition) is 3. The molecule has 4 N–H and O–H groups in total. The van der Waals surface area contributed by atoms with Crippen LogP contribution in [0.1, 0.15) is 47.3 Å². The standard InChI is InChI=1S/C22H29N3O2/c1-4-16(3)20(23)22(27)25-14-18-6-5-7-19(12-18)21(26)24-13-17-10-8-15(2)9-11-17/h5-12,16,20H,4,13-14,23H2,1-3H3,(H,24,26)(H,25,27). The van der Waals surface area contributed by atoms with E-state index in [9.17, 15) is 9.59 Å². The summed E-state index contributed by atoms with van der Waals surface area (Å²) >= 11 is 0. The fourth-order valence-electron chi connectivity index (χ4n) is 2.63. The Morgan fingerprint density at radius 1 is 1.00 bits per heavy atom. The van der Waals surface area contributed by atoms with Crippen molar-refractivity contribution in [3.8, 4) is 0 Å². The summed E-state index contributed by atoms with van der Waals surface area (Å²) in [6.45, 7) is 6.83. The zero-order chi connectivity index (χ0) is 19.8. The molecule has 144 valence electrons. The minimum Gasteiger partial charge on any atom is -0.351 e. The van der Waals surface area contributed by atoms with E-state index >= 15 is 0 Å². The van der Waals surface area contributed by atoms with Gasteiger partial charge in [-0.05, 0) is 36.1 Å². The van der Waals surface area contributed by atoms with Crippen LogP contribution in [0.4, 0.5) is 0 Å². The lowest BCUT2D eigenvalue weighted by Gasteiger charge is -2.17. The highest BCUT2D eigenvalue weighted by Crippen LogP contribution is 2.09. The average molecular weight is 367 g/mol. The molecule has 2 unspecified atom stereocenters. The third-order valence-corrected chi connectivity index (χ3v) is 4.79. The second-order valence-electron chi connectivity index (χ2n) is 7.00. The molecule has 2 amide bonds. The number of nitrogens with two attached hydrogens (primary N) is 1. The first-order chi connectivity index (χ1) is 12.9. The molecule has 27 heavy (non-hydrogen) atoms. The molecule has 5 nitrogen and oxygen atoms in total. The summed E-state index contributed by atoms with van der Waals surface area (Å²) in [6, 6.07) is 14.8. The Morgan fingerprint density at radius 2 is 1.67 bits per heavy atom. The van der Waals surface area contributed by atoms with Crippen LogP contribution in [-0.4, -0.2) is 17.9 Å². The minimum atomic E-state index is -0.518. The molecule has 2 aromatic rings. The lowest BCUT2D eigenvalue weighted by atomic mass is 9.99. The van der Waals surface area contributed by atoms with Crippen molar-refractivity contribution in [3.63, 3.8) is 0 Å². The molecular formula is C22H29N3O2. The Labute approximate surface area is 161 Å². The highest BCUT2D eigenvalue weighted by atomic mass is 16.2. The average Bonchev–Trinajstić information content (AvgIpc) is 2.70. The molecule has 0 fully saturated rings. The Hall–Kier alpha value is -2.66. The van der Waals surface area contributed by atoms with Gasteiger partial charge in [-0.2, -0.15) is 0 Å². The molecule has 0 radical (unpaired) electrons. The number of nitrogens with one attached hydrogen (secondary N) is 2. The fourth-order valence-corrected chi connectivity index (χ4v) is 2.63. The first-order valence-electron chi connectivity index (χ1n) is 9.36. The van der Waals surface area contributed by atoms with E-state index in [-0.39, 0.29) is 17.7 Å². The van der Waals surface area contributed by atoms with Crippen molar-refractivity contribution < 1.29 is 9.59 Å². The van der Waals surface area contributed by atoms with E-state index in [0.717, 1.165) is 17.5 Å². The lowest BCUT2D eigenvalue weighted by molar-refractivity contribution is -0.123. The quantitative estimate of drug-likeness (QED) is 0.671. The fraction of sp³-hybridized carbons (Fsp3) is 0.364. The van der Waals surface area contributed by atoms with Gasteiger partial charge >= 0.3 is 0 Å². The number of carbonyl (C=O) groups excluding carboxylic acids is 2. The van der Waals surface area contributed by atoms with Crippen LogP contribution in [0, 0.1) is 12.8 Å². The molecule has 0 saturated heterocycles. The van der Waals surface area contributed by atoms with Crippen LogP contribution in [-0.2, 0) is 17.9 Å². The van der Waals surface area contributed by atoms with Gasteiger partial charge in [-0.1, -0.05) is 62.2 Å². The topological polar surface area (TPSA) is 84.2 Å². The molecule has 0 aliphatic carbocycles. The summed E-state index contributed by atoms with van der Waals surface area (Å²) in [4.78, 5) is 24.5. The van der Waals surface area contributed by atoms with E-state index in [1.54, 1.807) is 12.1 Å². The van der Waals surface area contributed by atoms with E-state index in [2.05, 4.69) is 10.6 Å². The lowest BCUT2D eigenvalue weighted by Crippen LogP contribution is -2.44. The summed E-state index contributed by atoms with van der Waals surface area (Å²) < 4.78 is 0. The number of benzene rings is 2. The molecule has 0 heterocycles. The van der Waals surface area contributed by atoms with Gasteiger partial charge in [0, 0.05) is 18.7 Å². The predicted octanol–water partition coefficient (Wildman–Crippen LogP) is 2.91. The highest BCUT2D eigenvalue weighted by Gasteiger charge is 2.18. The normalized spacial score (nSPS) is 12.9. The molecule has 0 bridgehead atoms. The van der Waals surface area contributed by atoms with Crippen molar-refractivity contribution >= 4 is 11.8 Å². The zero-order valence-corrected chi connectivity index (χ0v) is 16.3. The Morgan fingerprint density at radius 3 is 2.33 bits per heavy atom. The molecule has 0 aliphatic heterocycles. The van der Waals surface area contributed by atoms with Crippen LogP contribution in [0.3, 0.4) is 0 Å². The van der Waals surface area contributed by atoms with Gasteiger partial charge < -0.3 is 16.4 Å². The third kappa shape index (κ3) is 6.22. The monoisotopic (exact) mass is 367 g/mol. The maximum Gasteiger partial charge on any atom is 0.251 e. The van der Waals surface area contributed by atoms with E-state index in [4.69, 9.17) is 5.73 Å². The van der Waals surface area contributed by atoms with E-state index in [1.165, 1.54) is 5.56 Å². The minimum absolute atomic E-state index is 0.129. The zero-order valence-electron chi connectivity index (χ0n) is 16.3. The molecule has 0 spiro atoms. The molecular weight excluding hydrogens is 338 g/mol. The summed E-state index contributed by atoms with van der Waals surface area (Å²) in [5.41, 5.74) is 9.61. The van der Waals surface area contributed by atoms with Crippen molar-refractivity contribution in [2.24, 2.45) is 11.7 Å². The van der Waals surface area contributed by atoms with E-state index in [0.29, 0.717) is 18.7 Å². The van der Waals surface area contributed by atoms with Crippen LogP contribution in [0.15, 0.2) is 48.5 Å². The summed E-state index contributed by atoms with van der Waals surface area (Å²) in [7, 11) is 0. The molecule has 0 saturated carbocycles. The smallest absolute Gasteiger partial charge is 0.251 e. The Balaban J connectivity index is 1.91. The van der Waals surface area contributed by atoms with Crippen LogP contribution in [0.25, 0.3) is 0 Å². The maximum atomic E-state index is 12.4. The van der Waals surface area contributed by atoms with Gasteiger partial charge in [0.2, 0.25) is 5.91 Å². The van der Waals surface area contributed by atoms with Crippen molar-refractivity contribution in [3.05, 3.63) is 70.8 Å². The second kappa shape index (κ2) is 9.88. The predicted molar refractivity (Wildman–Crippen MR) is 108 cm³/mol. The van der Waals surface area contributed by atoms with Gasteiger partial charge in [-0.15, -0.1) is 0 Å². The van der Waals surface area contributed by atoms with Gasteiger partial charge in [0.15, 0.2) is 0 Å². The summed E-state index contributed by atoms with van der Waals surface area (Å²) in [6.07, 6.45) is 0.852. The second-order valence-corrected chi connectivity index (χ2v) is 7.00.